The van der Waals surface area contributed by atoms with Crippen molar-refractivity contribution in [3.8, 4) is 34.2 Å². The van der Waals surface area contributed by atoms with Crippen molar-refractivity contribution in [3.63, 3.8) is 0 Å². The Kier molecular flexibility index (Phi) is 11.0. The number of pyridine rings is 1. The quantitative estimate of drug-likeness (QED) is 0.123. The molecule has 0 aliphatic carbocycles. The molecule has 15 heteroatoms. The van der Waals surface area contributed by atoms with Gasteiger partial charge in [0.05, 0.1) is 18.3 Å². The normalized spacial score (nSPS) is 11.7. The highest BCUT2D eigenvalue weighted by Gasteiger charge is 2.34. The second kappa shape index (κ2) is 15.6. The van der Waals surface area contributed by atoms with Gasteiger partial charge in [-0.2, -0.15) is 5.26 Å². The van der Waals surface area contributed by atoms with Gasteiger partial charge in [0.2, 0.25) is 5.91 Å². The van der Waals surface area contributed by atoms with Crippen LogP contribution in [0, 0.1) is 11.3 Å². The molecule has 0 aliphatic rings. The van der Waals surface area contributed by atoms with Crippen molar-refractivity contribution >= 4 is 41.0 Å². The number of hydrogen-bond donors (Lipinski definition) is 3. The zero-order valence-electron chi connectivity index (χ0n) is 28.1. The van der Waals surface area contributed by atoms with E-state index in [-0.39, 0.29) is 36.0 Å². The van der Waals surface area contributed by atoms with E-state index in [2.05, 4.69) is 26.3 Å². The predicted octanol–water partition coefficient (Wildman–Crippen LogP) is 6.33. The van der Waals surface area contributed by atoms with Crippen LogP contribution in [-0.2, 0) is 20.7 Å². The Bertz CT molecular complexity index is 2070. The van der Waals surface area contributed by atoms with Crippen molar-refractivity contribution in [2.45, 2.75) is 38.8 Å². The van der Waals surface area contributed by atoms with E-state index < -0.39 is 29.6 Å². The Hall–Kier alpha value is -6.17. The van der Waals surface area contributed by atoms with E-state index in [1.807, 2.05) is 0 Å². The van der Waals surface area contributed by atoms with Crippen molar-refractivity contribution in [3.05, 3.63) is 101 Å². The molecule has 0 aliphatic heterocycles. The second-order valence-corrected chi connectivity index (χ2v) is 12.5. The fraction of sp³-hybridized carbons (Fsp3) is 0.222. The molecular formula is C36H34ClN7O7. The van der Waals surface area contributed by atoms with Crippen molar-refractivity contribution in [1.82, 2.24) is 15.0 Å². The molecule has 0 saturated carbocycles. The molecule has 3 aromatic heterocycles. The molecule has 14 nitrogen and oxygen atoms in total. The van der Waals surface area contributed by atoms with Crippen LogP contribution in [-0.4, -0.2) is 58.4 Å². The summed E-state index contributed by atoms with van der Waals surface area (Å²) in [7, 11) is 1.47. The molecule has 262 valence electrons. The molecule has 1 atom stereocenters. The average molecular weight is 712 g/mol. The molecule has 51 heavy (non-hydrogen) atoms. The number of nitrogens with one attached hydrogen (secondary N) is 2. The van der Waals surface area contributed by atoms with E-state index in [0.717, 1.165) is 0 Å². The smallest absolute Gasteiger partial charge is 0.415 e. The molecular weight excluding hydrogens is 678 g/mol. The molecule has 0 bridgehead atoms. The minimum absolute atomic E-state index is 0.00291. The highest BCUT2D eigenvalue weighted by molar-refractivity contribution is 6.30. The van der Waals surface area contributed by atoms with Crippen molar-refractivity contribution in [2.75, 3.05) is 24.1 Å². The molecule has 2 aromatic carbocycles. The van der Waals surface area contributed by atoms with Crippen LogP contribution in [0.25, 0.3) is 22.4 Å². The first-order chi connectivity index (χ1) is 24.4. The molecule has 3 amide bonds. The fourth-order valence-corrected chi connectivity index (χ4v) is 5.27. The first-order valence-corrected chi connectivity index (χ1v) is 15.9. The number of nitriles is 1. The third kappa shape index (κ3) is 8.71. The number of carbonyl (C=O) groups is 3. The van der Waals surface area contributed by atoms with Crippen molar-refractivity contribution in [1.29, 1.82) is 5.26 Å². The number of nitrogens with two attached hydrogens (primary N) is 1. The number of ether oxygens (including phenoxy) is 3. The molecule has 0 unspecified atom stereocenters. The van der Waals surface area contributed by atoms with Gasteiger partial charge in [0.25, 0.3) is 5.91 Å². The summed E-state index contributed by atoms with van der Waals surface area (Å²) in [5.41, 5.74) is 7.27. The number of furan rings is 1. The zero-order chi connectivity index (χ0) is 36.7. The first-order valence-electron chi connectivity index (χ1n) is 15.5. The standard InChI is InChI=1S/C36H34ClN7O7/c1-36(2,3)51-35(47)44(29(32(39)45)15-23-18-40-19-41-23)24-8-5-7-21(13-24)26-16-28(25-11-10-22(37)14-31(25)50-20-48-4)42-33(27(26)17-38)43-34(46)30-9-6-12-49-30/h5-14,16,18-19,29H,15,20H2,1-4H3,(H2,39,45)(H,40,41)(H,42,43,46)/t29-/m0/s1. The van der Waals surface area contributed by atoms with Gasteiger partial charge in [0.15, 0.2) is 18.4 Å². The molecule has 0 fully saturated rings. The van der Waals surface area contributed by atoms with Crippen LogP contribution in [0.4, 0.5) is 16.3 Å². The molecule has 4 N–H and O–H groups in total. The number of primary amides is 1. The van der Waals surface area contributed by atoms with E-state index in [1.54, 1.807) is 75.4 Å². The third-order valence-corrected chi connectivity index (χ3v) is 7.53. The summed E-state index contributed by atoms with van der Waals surface area (Å²) < 4.78 is 21.9. The van der Waals surface area contributed by atoms with E-state index >= 15 is 0 Å². The van der Waals surface area contributed by atoms with Crippen molar-refractivity contribution in [2.24, 2.45) is 5.73 Å². The third-order valence-electron chi connectivity index (χ3n) is 7.29. The number of halogens is 1. The van der Waals surface area contributed by atoms with Gasteiger partial charge < -0.3 is 34.7 Å². The SMILES string of the molecule is COCOc1cc(Cl)ccc1-c1cc(-c2cccc(N(C(=O)OC(C)(C)C)[C@@H](Cc3cnc[nH]3)C(N)=O)c2)c(C#N)c(NC(=O)c2ccco2)n1. The van der Waals surface area contributed by atoms with Gasteiger partial charge in [-0.15, -0.1) is 0 Å². The number of anilines is 2. The summed E-state index contributed by atoms with van der Waals surface area (Å²) in [5.74, 6) is -1.20. The van der Waals surface area contributed by atoms with Gasteiger partial charge in [-0.25, -0.2) is 14.8 Å². The second-order valence-electron chi connectivity index (χ2n) is 12.1. The summed E-state index contributed by atoms with van der Waals surface area (Å²) in [6, 6.07) is 17.1. The largest absolute Gasteiger partial charge is 0.467 e. The summed E-state index contributed by atoms with van der Waals surface area (Å²) in [4.78, 5) is 52.7. The number of aromatic nitrogens is 3. The van der Waals surface area contributed by atoms with Gasteiger partial charge in [-0.3, -0.25) is 14.5 Å². The summed E-state index contributed by atoms with van der Waals surface area (Å²) in [6.07, 6.45) is 3.50. The summed E-state index contributed by atoms with van der Waals surface area (Å²) in [6.45, 7) is 5.00. The van der Waals surface area contributed by atoms with Crippen LogP contribution in [0.3, 0.4) is 0 Å². The fourth-order valence-electron chi connectivity index (χ4n) is 5.11. The maximum absolute atomic E-state index is 13.8. The lowest BCUT2D eigenvalue weighted by atomic mass is 9.97. The van der Waals surface area contributed by atoms with Crippen LogP contribution in [0.5, 0.6) is 5.75 Å². The number of hydrogen-bond acceptors (Lipinski definition) is 10. The highest BCUT2D eigenvalue weighted by Crippen LogP contribution is 2.38. The van der Waals surface area contributed by atoms with E-state index in [0.29, 0.717) is 38.9 Å². The lowest BCUT2D eigenvalue weighted by molar-refractivity contribution is -0.119. The number of H-pyrrole nitrogens is 1. The van der Waals surface area contributed by atoms with Gasteiger partial charge in [0.1, 0.15) is 29.0 Å². The Labute approximate surface area is 298 Å². The highest BCUT2D eigenvalue weighted by atomic mass is 35.5. The Morgan fingerprint density at radius 3 is 2.57 bits per heavy atom. The number of rotatable bonds is 12. The Morgan fingerprint density at radius 1 is 1.12 bits per heavy atom. The van der Waals surface area contributed by atoms with Crippen LogP contribution >= 0.6 is 11.6 Å². The predicted molar refractivity (Wildman–Crippen MR) is 188 cm³/mol. The maximum atomic E-state index is 13.8. The number of imidazole rings is 1. The Balaban J connectivity index is 1.70. The Morgan fingerprint density at radius 2 is 1.92 bits per heavy atom. The number of nitrogens with zero attached hydrogens (tertiary/aromatic N) is 4. The average Bonchev–Trinajstić information content (AvgIpc) is 3.81. The molecule has 3 heterocycles. The van der Waals surface area contributed by atoms with Gasteiger partial charge in [-0.05, 0) is 74.9 Å². The van der Waals surface area contributed by atoms with E-state index in [4.69, 9.17) is 36.0 Å². The van der Waals surface area contributed by atoms with E-state index in [9.17, 15) is 19.6 Å². The minimum atomic E-state index is -1.20. The monoisotopic (exact) mass is 711 g/mol. The summed E-state index contributed by atoms with van der Waals surface area (Å²) >= 11 is 6.29. The number of carbonyl (C=O) groups excluding carboxylic acids is 3. The lowest BCUT2D eigenvalue weighted by Gasteiger charge is -2.32. The summed E-state index contributed by atoms with van der Waals surface area (Å²) in [5, 5.41) is 13.6. The number of amides is 3. The van der Waals surface area contributed by atoms with Crippen LogP contribution in [0.15, 0.2) is 83.9 Å². The first kappa shape index (κ1) is 36.1. The molecule has 0 saturated heterocycles. The van der Waals surface area contributed by atoms with Gasteiger partial charge in [0, 0.05) is 47.3 Å². The topological polar surface area (TPSA) is 199 Å². The van der Waals surface area contributed by atoms with E-state index in [1.165, 1.54) is 36.9 Å². The number of methoxy groups -OCH3 is 1. The van der Waals surface area contributed by atoms with Gasteiger partial charge in [-0.1, -0.05) is 23.7 Å². The van der Waals surface area contributed by atoms with Crippen LogP contribution in [0.2, 0.25) is 5.02 Å². The zero-order valence-corrected chi connectivity index (χ0v) is 28.9. The number of aromatic amines is 1. The van der Waals surface area contributed by atoms with Crippen LogP contribution < -0.4 is 20.7 Å². The maximum Gasteiger partial charge on any atom is 0.415 e. The van der Waals surface area contributed by atoms with Crippen LogP contribution in [0.1, 0.15) is 42.6 Å². The molecule has 5 aromatic rings. The minimum Gasteiger partial charge on any atom is -0.467 e. The molecule has 5 rings (SSSR count). The molecule has 0 radical (unpaired) electrons. The van der Waals surface area contributed by atoms with Crippen molar-refractivity contribution < 1.29 is 33.0 Å². The van der Waals surface area contributed by atoms with Gasteiger partial charge >= 0.3 is 6.09 Å². The number of benzene rings is 2. The molecule has 0 spiro atoms. The lowest BCUT2D eigenvalue weighted by Crippen LogP contribution is -2.51.